The molecule has 1 N–H and O–H groups in total. The topological polar surface area (TPSA) is 23.5 Å². The number of likely N-dealkylation sites (N-methyl/N-ethyl adjacent to an activating group) is 1. The van der Waals surface area contributed by atoms with E-state index in [0.29, 0.717) is 12.0 Å². The highest BCUT2D eigenvalue weighted by molar-refractivity contribution is 4.78. The van der Waals surface area contributed by atoms with Crippen molar-refractivity contribution >= 4 is 0 Å². The first-order chi connectivity index (χ1) is 7.19. The summed E-state index contributed by atoms with van der Waals surface area (Å²) in [7, 11) is 2.15. The Hall–Kier alpha value is -0.0800. The maximum absolute atomic E-state index is 10.1. The summed E-state index contributed by atoms with van der Waals surface area (Å²) in [5.74, 6) is 0.571. The number of rotatable bonds is 6. The first-order valence-electron chi connectivity index (χ1n) is 6.57. The molecule has 2 nitrogen and oxygen atoms in total. The van der Waals surface area contributed by atoms with E-state index in [-0.39, 0.29) is 6.10 Å². The maximum Gasteiger partial charge on any atom is 0.0695 e. The lowest BCUT2D eigenvalue weighted by Crippen LogP contribution is -2.39. The first-order valence-corrected chi connectivity index (χ1v) is 6.57. The fourth-order valence-electron chi connectivity index (χ4n) is 2.85. The van der Waals surface area contributed by atoms with Crippen LogP contribution in [0.5, 0.6) is 0 Å². The molecule has 0 aromatic carbocycles. The van der Waals surface area contributed by atoms with Crippen molar-refractivity contribution in [1.82, 2.24) is 4.90 Å². The molecule has 1 saturated carbocycles. The van der Waals surface area contributed by atoms with Gasteiger partial charge in [-0.1, -0.05) is 26.7 Å². The smallest absolute Gasteiger partial charge is 0.0695 e. The Kier molecular flexibility index (Phi) is 5.62. The van der Waals surface area contributed by atoms with Crippen molar-refractivity contribution in [2.24, 2.45) is 5.92 Å². The molecule has 0 aromatic heterocycles. The fraction of sp³-hybridized carbons (Fsp3) is 1.00. The molecular formula is C13H27NO. The van der Waals surface area contributed by atoms with Crippen LogP contribution in [-0.4, -0.2) is 35.7 Å². The quantitative estimate of drug-likeness (QED) is 0.733. The van der Waals surface area contributed by atoms with Gasteiger partial charge in [-0.3, -0.25) is 0 Å². The van der Waals surface area contributed by atoms with Gasteiger partial charge in [-0.2, -0.15) is 0 Å². The molecule has 0 aromatic rings. The van der Waals surface area contributed by atoms with E-state index in [1.54, 1.807) is 0 Å². The molecule has 0 amide bonds. The third-order valence-electron chi connectivity index (χ3n) is 3.98. The Morgan fingerprint density at radius 2 is 1.73 bits per heavy atom. The molecule has 15 heavy (non-hydrogen) atoms. The van der Waals surface area contributed by atoms with Crippen molar-refractivity contribution in [3.63, 3.8) is 0 Å². The summed E-state index contributed by atoms with van der Waals surface area (Å²) in [4.78, 5) is 2.34. The number of aliphatic hydroxyl groups is 1. The molecule has 1 rings (SSSR count). The van der Waals surface area contributed by atoms with E-state index in [1.807, 2.05) is 0 Å². The molecule has 2 heteroatoms. The maximum atomic E-state index is 10.1. The Labute approximate surface area is 94.7 Å². The zero-order valence-electron chi connectivity index (χ0n) is 10.6. The van der Waals surface area contributed by atoms with E-state index < -0.39 is 0 Å². The largest absolute Gasteiger partial charge is 0.392 e. The van der Waals surface area contributed by atoms with Gasteiger partial charge in [-0.15, -0.1) is 0 Å². The first kappa shape index (κ1) is 13.0. The predicted octanol–water partition coefficient (Wildman–Crippen LogP) is 2.66. The summed E-state index contributed by atoms with van der Waals surface area (Å²) in [6.45, 7) is 5.32. The van der Waals surface area contributed by atoms with Crippen LogP contribution in [0.4, 0.5) is 0 Å². The SMILES string of the molecule is CCC(CC)N(C)CC(O)C1CCCC1. The second-order valence-electron chi connectivity index (χ2n) is 5.02. The fourth-order valence-corrected chi connectivity index (χ4v) is 2.85. The second kappa shape index (κ2) is 6.49. The van der Waals surface area contributed by atoms with E-state index in [9.17, 15) is 5.11 Å². The molecule has 1 aliphatic carbocycles. The summed E-state index contributed by atoms with van der Waals surface area (Å²) in [5.41, 5.74) is 0. The molecule has 1 unspecified atom stereocenters. The minimum absolute atomic E-state index is 0.0990. The van der Waals surface area contributed by atoms with E-state index in [2.05, 4.69) is 25.8 Å². The van der Waals surface area contributed by atoms with Crippen LogP contribution in [-0.2, 0) is 0 Å². The number of nitrogens with zero attached hydrogens (tertiary/aromatic N) is 1. The Morgan fingerprint density at radius 1 is 1.20 bits per heavy atom. The van der Waals surface area contributed by atoms with E-state index in [0.717, 1.165) is 6.54 Å². The highest BCUT2D eigenvalue weighted by atomic mass is 16.3. The Morgan fingerprint density at radius 3 is 2.20 bits per heavy atom. The zero-order chi connectivity index (χ0) is 11.3. The molecule has 0 radical (unpaired) electrons. The minimum atomic E-state index is -0.0990. The molecule has 0 heterocycles. The van der Waals surface area contributed by atoms with Crippen molar-refractivity contribution in [3.05, 3.63) is 0 Å². The number of hydrogen-bond acceptors (Lipinski definition) is 2. The van der Waals surface area contributed by atoms with E-state index >= 15 is 0 Å². The lowest BCUT2D eigenvalue weighted by Gasteiger charge is -2.30. The van der Waals surface area contributed by atoms with Gasteiger partial charge in [0.25, 0.3) is 0 Å². The summed E-state index contributed by atoms with van der Waals surface area (Å²) in [6, 6.07) is 0.640. The van der Waals surface area contributed by atoms with Gasteiger partial charge in [0.15, 0.2) is 0 Å². The molecule has 1 fully saturated rings. The van der Waals surface area contributed by atoms with E-state index in [4.69, 9.17) is 0 Å². The predicted molar refractivity (Wildman–Crippen MR) is 65.0 cm³/mol. The summed E-state index contributed by atoms with van der Waals surface area (Å²) < 4.78 is 0. The second-order valence-corrected chi connectivity index (χ2v) is 5.02. The summed E-state index contributed by atoms with van der Waals surface area (Å²) in [6.07, 6.45) is 7.37. The molecule has 90 valence electrons. The van der Waals surface area contributed by atoms with Gasteiger partial charge in [0.2, 0.25) is 0 Å². The normalized spacial score (nSPS) is 20.4. The molecule has 0 spiro atoms. The average Bonchev–Trinajstić information content (AvgIpc) is 2.72. The molecular weight excluding hydrogens is 186 g/mol. The standard InChI is InChI=1S/C13H27NO/c1-4-12(5-2)14(3)10-13(15)11-8-6-7-9-11/h11-13,15H,4-10H2,1-3H3. The molecule has 1 atom stereocenters. The van der Waals surface area contributed by atoms with Crippen molar-refractivity contribution in [2.45, 2.75) is 64.5 Å². The third-order valence-corrected chi connectivity index (χ3v) is 3.98. The van der Waals surface area contributed by atoms with Crippen LogP contribution in [0.2, 0.25) is 0 Å². The van der Waals surface area contributed by atoms with Crippen LogP contribution in [0.15, 0.2) is 0 Å². The van der Waals surface area contributed by atoms with Crippen LogP contribution in [0.1, 0.15) is 52.4 Å². The van der Waals surface area contributed by atoms with Gasteiger partial charge in [0.05, 0.1) is 6.10 Å². The van der Waals surface area contributed by atoms with Crippen LogP contribution in [0, 0.1) is 5.92 Å². The molecule has 1 aliphatic rings. The third kappa shape index (κ3) is 3.76. The summed E-state index contributed by atoms with van der Waals surface area (Å²) >= 11 is 0. The van der Waals surface area contributed by atoms with Gasteiger partial charge in [0.1, 0.15) is 0 Å². The van der Waals surface area contributed by atoms with Crippen LogP contribution in [0.25, 0.3) is 0 Å². The highest BCUT2D eigenvalue weighted by Crippen LogP contribution is 2.28. The van der Waals surface area contributed by atoms with Crippen molar-refractivity contribution in [2.75, 3.05) is 13.6 Å². The molecule has 0 bridgehead atoms. The summed E-state index contributed by atoms with van der Waals surface area (Å²) in [5, 5.41) is 10.1. The Balaban J connectivity index is 2.32. The van der Waals surface area contributed by atoms with Gasteiger partial charge < -0.3 is 10.0 Å². The Bertz CT molecular complexity index is 156. The van der Waals surface area contributed by atoms with Gasteiger partial charge in [-0.05, 0) is 38.6 Å². The van der Waals surface area contributed by atoms with Crippen LogP contribution < -0.4 is 0 Å². The van der Waals surface area contributed by atoms with Gasteiger partial charge in [0, 0.05) is 12.6 Å². The molecule has 0 aliphatic heterocycles. The van der Waals surface area contributed by atoms with Gasteiger partial charge in [-0.25, -0.2) is 0 Å². The van der Waals surface area contributed by atoms with Crippen LogP contribution >= 0.6 is 0 Å². The zero-order valence-corrected chi connectivity index (χ0v) is 10.6. The lowest BCUT2D eigenvalue weighted by molar-refractivity contribution is 0.0585. The van der Waals surface area contributed by atoms with E-state index in [1.165, 1.54) is 38.5 Å². The monoisotopic (exact) mass is 213 g/mol. The van der Waals surface area contributed by atoms with Gasteiger partial charge >= 0.3 is 0 Å². The molecule has 0 saturated heterocycles. The lowest BCUT2D eigenvalue weighted by atomic mass is 9.99. The van der Waals surface area contributed by atoms with Crippen LogP contribution in [0.3, 0.4) is 0 Å². The van der Waals surface area contributed by atoms with Crippen molar-refractivity contribution in [3.8, 4) is 0 Å². The average molecular weight is 213 g/mol. The van der Waals surface area contributed by atoms with Crippen molar-refractivity contribution in [1.29, 1.82) is 0 Å². The number of aliphatic hydroxyl groups excluding tert-OH is 1. The minimum Gasteiger partial charge on any atom is -0.392 e. The number of hydrogen-bond donors (Lipinski definition) is 1. The van der Waals surface area contributed by atoms with Crippen molar-refractivity contribution < 1.29 is 5.11 Å². The highest BCUT2D eigenvalue weighted by Gasteiger charge is 2.25.